The molecule has 23 heavy (non-hydrogen) atoms. The molecular formula is C16H30N4O3-2. The lowest BCUT2D eigenvalue weighted by atomic mass is 10.1. The van der Waals surface area contributed by atoms with E-state index in [2.05, 4.69) is 21.3 Å². The molecular weight excluding hydrogens is 296 g/mol. The van der Waals surface area contributed by atoms with E-state index < -0.39 is 6.04 Å². The number of aldehydes is 1. The van der Waals surface area contributed by atoms with Crippen LogP contribution in [0.2, 0.25) is 0 Å². The highest BCUT2D eigenvalue weighted by Gasteiger charge is 2.11. The lowest BCUT2D eigenvalue weighted by Crippen LogP contribution is -2.37. The highest BCUT2D eigenvalue weighted by atomic mass is 16.2. The number of carbonyl (C=O) groups is 3. The van der Waals surface area contributed by atoms with E-state index in [0.717, 1.165) is 19.1 Å². The second kappa shape index (κ2) is 13.0. The molecule has 134 valence electrons. The maximum Gasteiger partial charge on any atom is 0.219 e. The van der Waals surface area contributed by atoms with Crippen molar-refractivity contribution in [3.05, 3.63) is 10.6 Å². The van der Waals surface area contributed by atoms with Crippen molar-refractivity contribution in [3.63, 3.8) is 0 Å². The van der Waals surface area contributed by atoms with Crippen molar-refractivity contribution in [2.24, 2.45) is 0 Å². The van der Waals surface area contributed by atoms with Gasteiger partial charge in [0.25, 0.3) is 0 Å². The fraction of sp³-hybridized carbons (Fsp3) is 0.812. The predicted octanol–water partition coefficient (Wildman–Crippen LogP) is 1.52. The van der Waals surface area contributed by atoms with Crippen LogP contribution in [0.1, 0.15) is 46.0 Å². The Bertz CT molecular complexity index is 363. The first kappa shape index (κ1) is 21.5. The van der Waals surface area contributed by atoms with Crippen molar-refractivity contribution in [2.45, 2.75) is 64.1 Å². The van der Waals surface area contributed by atoms with Gasteiger partial charge in [-0.2, -0.15) is 14.1 Å². The molecule has 0 fully saturated rings. The Balaban J connectivity index is 3.81. The summed E-state index contributed by atoms with van der Waals surface area (Å²) in [4.78, 5) is 34.2. The van der Waals surface area contributed by atoms with E-state index in [1.807, 2.05) is 13.8 Å². The zero-order chi connectivity index (χ0) is 17.7. The molecule has 2 N–H and O–H groups in total. The lowest BCUT2D eigenvalue weighted by molar-refractivity contribution is -0.124. The van der Waals surface area contributed by atoms with Gasteiger partial charge in [-0.05, 0) is 19.3 Å². The zero-order valence-corrected chi connectivity index (χ0v) is 14.7. The number of hydrogen-bond donors (Lipinski definition) is 2. The minimum atomic E-state index is -0.471. The summed E-state index contributed by atoms with van der Waals surface area (Å²) in [5, 5.41) is 13.5. The van der Waals surface area contributed by atoms with Crippen molar-refractivity contribution in [1.82, 2.24) is 10.6 Å². The van der Waals surface area contributed by atoms with Crippen LogP contribution in [0.5, 0.6) is 0 Å². The summed E-state index contributed by atoms with van der Waals surface area (Å²) in [5.74, 6) is -0.175. The topological polar surface area (TPSA) is 103 Å². The third kappa shape index (κ3) is 11.7. The first-order valence-electron chi connectivity index (χ1n) is 8.12. The van der Waals surface area contributed by atoms with Crippen LogP contribution in [-0.4, -0.2) is 56.9 Å². The van der Waals surface area contributed by atoms with Crippen LogP contribution in [0.25, 0.3) is 10.6 Å². The van der Waals surface area contributed by atoms with Gasteiger partial charge >= 0.3 is 0 Å². The molecule has 3 atom stereocenters. The quantitative estimate of drug-likeness (QED) is 0.396. The van der Waals surface area contributed by atoms with Crippen LogP contribution >= 0.6 is 0 Å². The SMILES string of the molecule is C[N-]C(C)CC(=O)NCCCCC(C=O)NC(=O)CC(C)[N-]C. The molecule has 0 radical (unpaired) electrons. The molecule has 0 rings (SSSR count). The number of nitrogens with one attached hydrogen (secondary N) is 2. The molecule has 0 aromatic carbocycles. The molecule has 2 amide bonds. The Hall–Kier alpha value is -1.47. The standard InChI is InChI=1S/C16H30N4O3/c1-12(17-3)9-15(22)19-8-6-5-7-14(11-21)20-16(23)10-13(2)18-4/h11-14H,5-10H2,1-4H3,(H,19,22)(H,20,23)/q-2. The van der Waals surface area contributed by atoms with Gasteiger partial charge in [-0.15, -0.1) is 12.1 Å². The number of carbonyl (C=O) groups excluding carboxylic acids is 3. The average Bonchev–Trinajstić information content (AvgIpc) is 2.52. The van der Waals surface area contributed by atoms with Gasteiger partial charge < -0.3 is 26.1 Å². The van der Waals surface area contributed by atoms with Crippen molar-refractivity contribution in [1.29, 1.82) is 0 Å². The summed E-state index contributed by atoms with van der Waals surface area (Å²) in [6.07, 6.45) is 3.54. The van der Waals surface area contributed by atoms with Gasteiger partial charge in [0.1, 0.15) is 6.29 Å². The van der Waals surface area contributed by atoms with Crippen molar-refractivity contribution >= 4 is 18.1 Å². The molecule has 0 saturated heterocycles. The molecule has 0 spiro atoms. The monoisotopic (exact) mass is 326 g/mol. The minimum Gasteiger partial charge on any atom is -0.662 e. The Morgan fingerprint density at radius 2 is 1.57 bits per heavy atom. The third-order valence-electron chi connectivity index (χ3n) is 3.62. The molecule has 0 heterocycles. The van der Waals surface area contributed by atoms with E-state index in [-0.39, 0.29) is 30.3 Å². The average molecular weight is 326 g/mol. The van der Waals surface area contributed by atoms with E-state index in [1.54, 1.807) is 14.1 Å². The van der Waals surface area contributed by atoms with Crippen molar-refractivity contribution in [2.75, 3.05) is 20.6 Å². The summed E-state index contributed by atoms with van der Waals surface area (Å²) in [6, 6.07) is -0.488. The van der Waals surface area contributed by atoms with Crippen LogP contribution in [0.4, 0.5) is 0 Å². The zero-order valence-electron chi connectivity index (χ0n) is 14.7. The number of amides is 2. The van der Waals surface area contributed by atoms with Gasteiger partial charge in [0.05, 0.1) is 6.04 Å². The van der Waals surface area contributed by atoms with Gasteiger partial charge in [-0.25, -0.2) is 0 Å². The fourth-order valence-electron chi connectivity index (χ4n) is 1.95. The predicted molar refractivity (Wildman–Crippen MR) is 91.6 cm³/mol. The summed E-state index contributed by atoms with van der Waals surface area (Å²) in [7, 11) is 3.36. The van der Waals surface area contributed by atoms with E-state index in [9.17, 15) is 14.4 Å². The highest BCUT2D eigenvalue weighted by molar-refractivity contribution is 5.80. The highest BCUT2D eigenvalue weighted by Crippen LogP contribution is 2.04. The molecule has 7 nitrogen and oxygen atoms in total. The van der Waals surface area contributed by atoms with Crippen LogP contribution in [0.3, 0.4) is 0 Å². The Morgan fingerprint density at radius 3 is 2.09 bits per heavy atom. The minimum absolute atomic E-state index is 0.0133. The van der Waals surface area contributed by atoms with E-state index in [4.69, 9.17) is 0 Å². The third-order valence-corrected chi connectivity index (χ3v) is 3.62. The molecule has 0 aromatic heterocycles. The first-order chi connectivity index (χ1) is 10.9. The van der Waals surface area contributed by atoms with Gasteiger partial charge in [0.15, 0.2) is 0 Å². The molecule has 0 aromatic rings. The molecule has 0 aliphatic rings. The van der Waals surface area contributed by atoms with E-state index in [0.29, 0.717) is 19.4 Å². The molecule has 3 unspecified atom stereocenters. The van der Waals surface area contributed by atoms with Gasteiger partial charge in [-0.3, -0.25) is 9.59 Å². The van der Waals surface area contributed by atoms with Crippen LogP contribution in [0, 0.1) is 0 Å². The first-order valence-corrected chi connectivity index (χ1v) is 8.12. The normalized spacial score (nSPS) is 14.6. The molecule has 0 aliphatic heterocycles. The molecule has 0 aliphatic carbocycles. The molecule has 0 bridgehead atoms. The maximum atomic E-state index is 11.7. The van der Waals surface area contributed by atoms with E-state index in [1.165, 1.54) is 0 Å². The van der Waals surface area contributed by atoms with Crippen LogP contribution in [-0.2, 0) is 14.4 Å². The summed E-state index contributed by atoms with van der Waals surface area (Å²) < 4.78 is 0. The second-order valence-electron chi connectivity index (χ2n) is 5.78. The Labute approximate surface area is 139 Å². The van der Waals surface area contributed by atoms with Crippen LogP contribution < -0.4 is 10.6 Å². The summed E-state index contributed by atoms with van der Waals surface area (Å²) in [6.45, 7) is 4.31. The number of hydrogen-bond acceptors (Lipinski definition) is 3. The lowest BCUT2D eigenvalue weighted by Gasteiger charge is -2.23. The number of nitrogens with zero attached hydrogens (tertiary/aromatic N) is 2. The maximum absolute atomic E-state index is 11.7. The number of unbranched alkanes of at least 4 members (excludes halogenated alkanes) is 1. The van der Waals surface area contributed by atoms with E-state index >= 15 is 0 Å². The largest absolute Gasteiger partial charge is 0.662 e. The summed E-state index contributed by atoms with van der Waals surface area (Å²) >= 11 is 0. The van der Waals surface area contributed by atoms with Crippen LogP contribution in [0.15, 0.2) is 0 Å². The molecule has 0 saturated carbocycles. The molecule has 7 heteroatoms. The van der Waals surface area contributed by atoms with Gasteiger partial charge in [0, 0.05) is 19.4 Å². The second-order valence-corrected chi connectivity index (χ2v) is 5.78. The Morgan fingerprint density at radius 1 is 1.00 bits per heavy atom. The van der Waals surface area contributed by atoms with Crippen molar-refractivity contribution in [3.8, 4) is 0 Å². The van der Waals surface area contributed by atoms with Crippen molar-refractivity contribution < 1.29 is 14.4 Å². The Kier molecular flexibility index (Phi) is 12.2. The van der Waals surface area contributed by atoms with Gasteiger partial charge in [-0.1, -0.05) is 13.8 Å². The summed E-state index contributed by atoms with van der Waals surface area (Å²) in [5.41, 5.74) is 0. The fourth-order valence-corrected chi connectivity index (χ4v) is 1.95. The van der Waals surface area contributed by atoms with Gasteiger partial charge in [0.2, 0.25) is 11.8 Å². The smallest absolute Gasteiger partial charge is 0.219 e. The number of rotatable bonds is 13.